The van der Waals surface area contributed by atoms with Gasteiger partial charge in [-0.3, -0.25) is 0 Å². The predicted octanol–water partition coefficient (Wildman–Crippen LogP) is 6.12. The summed E-state index contributed by atoms with van der Waals surface area (Å²) in [6, 6.07) is 8.56. The van der Waals surface area contributed by atoms with Crippen molar-refractivity contribution in [2.75, 3.05) is 5.33 Å². The molecule has 1 rings (SSSR count). The van der Waals surface area contributed by atoms with Crippen molar-refractivity contribution in [2.24, 2.45) is 0 Å². The number of benzene rings is 1. The fourth-order valence-corrected chi connectivity index (χ4v) is 2.87. The molecule has 1 aromatic carbocycles. The third-order valence-corrected chi connectivity index (χ3v) is 4.37. The average molecular weight is 362 g/mol. The fourth-order valence-electron chi connectivity index (χ4n) is 1.99. The van der Waals surface area contributed by atoms with Crippen molar-refractivity contribution in [1.82, 2.24) is 0 Å². The summed E-state index contributed by atoms with van der Waals surface area (Å²) in [5.41, 5.74) is 1.45. The van der Waals surface area contributed by atoms with Crippen molar-refractivity contribution < 1.29 is 0 Å². The molecule has 0 amide bonds. The van der Waals surface area contributed by atoms with E-state index in [1.54, 1.807) is 0 Å². The van der Waals surface area contributed by atoms with Crippen molar-refractivity contribution in [3.8, 4) is 0 Å². The van der Waals surface area contributed by atoms with E-state index in [4.69, 9.17) is 0 Å². The van der Waals surface area contributed by atoms with Crippen LogP contribution < -0.4 is 0 Å². The van der Waals surface area contributed by atoms with Gasteiger partial charge in [0.1, 0.15) is 0 Å². The summed E-state index contributed by atoms with van der Waals surface area (Å²) in [6.45, 7) is 0. The van der Waals surface area contributed by atoms with Crippen LogP contribution in [-0.4, -0.2) is 5.33 Å². The number of rotatable bonds is 9. The molecule has 0 aliphatic rings. The van der Waals surface area contributed by atoms with Crippen molar-refractivity contribution in [3.05, 3.63) is 34.3 Å². The molecule has 0 N–H and O–H groups in total. The minimum Gasteiger partial charge on any atom is -0.0928 e. The highest BCUT2D eigenvalue weighted by molar-refractivity contribution is 9.10. The maximum absolute atomic E-state index is 3.60. The van der Waals surface area contributed by atoms with Crippen LogP contribution in [0.25, 0.3) is 0 Å². The first-order valence-electron chi connectivity index (χ1n) is 6.64. The third kappa shape index (κ3) is 7.25. The first-order valence-corrected chi connectivity index (χ1v) is 8.55. The van der Waals surface area contributed by atoms with Crippen LogP contribution in [0.1, 0.15) is 50.5 Å². The molecule has 2 heteroatoms. The van der Waals surface area contributed by atoms with Crippen LogP contribution in [0.15, 0.2) is 28.7 Å². The fraction of sp³-hybridized carbons (Fsp3) is 0.600. The standard InChI is InChI=1S/C15H22Br2/c16-13-9-5-3-1-2-4-6-10-14-11-7-8-12-15(14)17/h7-8,11-12H,1-6,9-10,13H2. The monoisotopic (exact) mass is 360 g/mol. The summed E-state index contributed by atoms with van der Waals surface area (Å²) < 4.78 is 1.26. The summed E-state index contributed by atoms with van der Waals surface area (Å²) in [5.74, 6) is 0. The molecule has 96 valence electrons. The zero-order valence-corrected chi connectivity index (χ0v) is 13.6. The molecular weight excluding hydrogens is 340 g/mol. The van der Waals surface area contributed by atoms with Crippen LogP contribution in [0.3, 0.4) is 0 Å². The van der Waals surface area contributed by atoms with Gasteiger partial charge in [0.15, 0.2) is 0 Å². The summed E-state index contributed by atoms with van der Waals surface area (Å²) >= 11 is 7.07. The zero-order chi connectivity index (χ0) is 12.3. The molecule has 0 aromatic heterocycles. The lowest BCUT2D eigenvalue weighted by Crippen LogP contribution is -1.87. The molecule has 0 bridgehead atoms. The molecule has 17 heavy (non-hydrogen) atoms. The SMILES string of the molecule is BrCCCCCCCCCc1ccccc1Br. The summed E-state index contributed by atoms with van der Waals surface area (Å²) in [7, 11) is 0. The Kier molecular flexibility index (Phi) is 9.08. The van der Waals surface area contributed by atoms with Crippen molar-refractivity contribution in [3.63, 3.8) is 0 Å². The second kappa shape index (κ2) is 10.1. The van der Waals surface area contributed by atoms with E-state index in [1.165, 1.54) is 61.4 Å². The number of aryl methyl sites for hydroxylation is 1. The highest BCUT2D eigenvalue weighted by atomic mass is 79.9. The van der Waals surface area contributed by atoms with Gasteiger partial charge in [0.05, 0.1) is 0 Å². The molecule has 0 atom stereocenters. The first-order chi connectivity index (χ1) is 8.34. The van der Waals surface area contributed by atoms with Crippen molar-refractivity contribution in [2.45, 2.75) is 51.4 Å². The van der Waals surface area contributed by atoms with Crippen molar-refractivity contribution in [1.29, 1.82) is 0 Å². The number of hydrogen-bond acceptors (Lipinski definition) is 0. The van der Waals surface area contributed by atoms with E-state index in [0.717, 1.165) is 5.33 Å². The average Bonchev–Trinajstić information content (AvgIpc) is 2.35. The molecule has 0 saturated heterocycles. The Hall–Kier alpha value is 0.180. The van der Waals surface area contributed by atoms with Gasteiger partial charge in [-0.25, -0.2) is 0 Å². The van der Waals surface area contributed by atoms with Crippen LogP contribution in [-0.2, 0) is 6.42 Å². The van der Waals surface area contributed by atoms with E-state index >= 15 is 0 Å². The lowest BCUT2D eigenvalue weighted by molar-refractivity contribution is 0.591. The van der Waals surface area contributed by atoms with Crippen LogP contribution in [0.2, 0.25) is 0 Å². The Morgan fingerprint density at radius 2 is 1.35 bits per heavy atom. The second-order valence-electron chi connectivity index (χ2n) is 4.51. The van der Waals surface area contributed by atoms with Gasteiger partial charge in [-0.2, -0.15) is 0 Å². The van der Waals surface area contributed by atoms with E-state index in [0.29, 0.717) is 0 Å². The minimum atomic E-state index is 1.16. The number of unbranched alkanes of at least 4 members (excludes halogenated alkanes) is 6. The lowest BCUT2D eigenvalue weighted by Gasteiger charge is -2.04. The van der Waals surface area contributed by atoms with Crippen LogP contribution in [0.5, 0.6) is 0 Å². The van der Waals surface area contributed by atoms with Gasteiger partial charge >= 0.3 is 0 Å². The molecule has 0 spiro atoms. The van der Waals surface area contributed by atoms with E-state index in [9.17, 15) is 0 Å². The molecule has 0 radical (unpaired) electrons. The Morgan fingerprint density at radius 1 is 0.765 bits per heavy atom. The van der Waals surface area contributed by atoms with Crippen LogP contribution in [0.4, 0.5) is 0 Å². The third-order valence-electron chi connectivity index (χ3n) is 3.04. The van der Waals surface area contributed by atoms with Gasteiger partial charge in [0.2, 0.25) is 0 Å². The highest BCUT2D eigenvalue weighted by Crippen LogP contribution is 2.18. The summed E-state index contributed by atoms with van der Waals surface area (Å²) in [4.78, 5) is 0. The Morgan fingerprint density at radius 3 is 2.00 bits per heavy atom. The number of halogens is 2. The quantitative estimate of drug-likeness (QED) is 0.367. The summed E-state index contributed by atoms with van der Waals surface area (Å²) in [6.07, 6.45) is 10.8. The minimum absolute atomic E-state index is 1.16. The number of alkyl halides is 1. The molecule has 0 nitrogen and oxygen atoms in total. The maximum Gasteiger partial charge on any atom is 0.0207 e. The Bertz CT molecular complexity index is 297. The van der Waals surface area contributed by atoms with Crippen LogP contribution >= 0.6 is 31.9 Å². The van der Waals surface area contributed by atoms with Gasteiger partial charge in [0, 0.05) is 9.80 Å². The number of hydrogen-bond donors (Lipinski definition) is 0. The normalized spacial score (nSPS) is 10.7. The largest absolute Gasteiger partial charge is 0.0928 e. The van der Waals surface area contributed by atoms with Gasteiger partial charge in [0.25, 0.3) is 0 Å². The molecule has 0 aliphatic carbocycles. The predicted molar refractivity (Wildman–Crippen MR) is 84.0 cm³/mol. The van der Waals surface area contributed by atoms with E-state index in [2.05, 4.69) is 56.1 Å². The van der Waals surface area contributed by atoms with Gasteiger partial charge in [-0.1, -0.05) is 82.2 Å². The highest BCUT2D eigenvalue weighted by Gasteiger charge is 1.98. The molecule has 0 unspecified atom stereocenters. The summed E-state index contributed by atoms with van der Waals surface area (Å²) in [5, 5.41) is 1.16. The maximum atomic E-state index is 3.60. The zero-order valence-electron chi connectivity index (χ0n) is 10.4. The van der Waals surface area contributed by atoms with E-state index in [-0.39, 0.29) is 0 Å². The van der Waals surface area contributed by atoms with E-state index in [1.807, 2.05) is 0 Å². The van der Waals surface area contributed by atoms with Gasteiger partial charge < -0.3 is 0 Å². The Labute approximate surface area is 122 Å². The second-order valence-corrected chi connectivity index (χ2v) is 6.15. The first kappa shape index (κ1) is 15.2. The van der Waals surface area contributed by atoms with Crippen molar-refractivity contribution >= 4 is 31.9 Å². The van der Waals surface area contributed by atoms with Gasteiger partial charge in [-0.05, 0) is 30.9 Å². The van der Waals surface area contributed by atoms with E-state index < -0.39 is 0 Å². The molecule has 0 aliphatic heterocycles. The molecule has 0 fully saturated rings. The van der Waals surface area contributed by atoms with Crippen LogP contribution in [0, 0.1) is 0 Å². The van der Waals surface area contributed by atoms with Gasteiger partial charge in [-0.15, -0.1) is 0 Å². The smallest absolute Gasteiger partial charge is 0.0207 e. The topological polar surface area (TPSA) is 0 Å². The molecule has 0 heterocycles. The molecule has 1 aromatic rings. The molecule has 0 saturated carbocycles. The Balaban J connectivity index is 1.99. The molecular formula is C15H22Br2. The lowest BCUT2D eigenvalue weighted by atomic mass is 10.0.